The van der Waals surface area contributed by atoms with E-state index in [1.165, 1.54) is 17.0 Å². The minimum atomic E-state index is -0.303. The van der Waals surface area contributed by atoms with Gasteiger partial charge >= 0.3 is 0 Å². The summed E-state index contributed by atoms with van der Waals surface area (Å²) in [6.07, 6.45) is 0. The van der Waals surface area contributed by atoms with Crippen LogP contribution in [0.25, 0.3) is 0 Å². The zero-order chi connectivity index (χ0) is 23.8. The molecule has 0 aliphatic carbocycles. The van der Waals surface area contributed by atoms with Crippen LogP contribution in [0.4, 0.5) is 4.39 Å². The summed E-state index contributed by atoms with van der Waals surface area (Å²) in [4.78, 5) is 34.3. The van der Waals surface area contributed by atoms with E-state index in [2.05, 4.69) is 4.90 Å². The lowest BCUT2D eigenvalue weighted by molar-refractivity contribution is -0.143. The van der Waals surface area contributed by atoms with Gasteiger partial charge in [0.25, 0.3) is 0 Å². The normalized spacial score (nSPS) is 14.5. The van der Waals surface area contributed by atoms with Gasteiger partial charge in [-0.1, -0.05) is 26.0 Å². The number of thiophene rings is 1. The molecule has 2 heterocycles. The van der Waals surface area contributed by atoms with Gasteiger partial charge in [0, 0.05) is 48.4 Å². The zero-order valence-electron chi connectivity index (χ0n) is 19.8. The monoisotopic (exact) mass is 475 g/mol. The Kier molecular flexibility index (Phi) is 9.41. The van der Waals surface area contributed by atoms with Gasteiger partial charge in [0.1, 0.15) is 5.82 Å². The van der Waals surface area contributed by atoms with Gasteiger partial charge < -0.3 is 14.5 Å². The average molecular weight is 476 g/mol. The highest BCUT2D eigenvalue weighted by molar-refractivity contribution is 7.11. The van der Waals surface area contributed by atoms with Gasteiger partial charge in [-0.2, -0.15) is 0 Å². The molecule has 1 fully saturated rings. The van der Waals surface area contributed by atoms with Gasteiger partial charge in [-0.15, -0.1) is 11.3 Å². The van der Waals surface area contributed by atoms with Crippen molar-refractivity contribution in [1.82, 2.24) is 14.7 Å². The van der Waals surface area contributed by atoms with Crippen LogP contribution in [0.5, 0.6) is 0 Å². The third kappa shape index (κ3) is 7.91. The highest BCUT2D eigenvalue weighted by Crippen LogP contribution is 2.19. The van der Waals surface area contributed by atoms with Crippen LogP contribution >= 0.6 is 11.3 Å². The Balaban J connectivity index is 1.72. The maximum Gasteiger partial charge on any atom is 0.242 e. The van der Waals surface area contributed by atoms with Gasteiger partial charge in [0.2, 0.25) is 11.8 Å². The fourth-order valence-electron chi connectivity index (χ4n) is 3.78. The van der Waals surface area contributed by atoms with E-state index in [0.717, 1.165) is 30.1 Å². The molecule has 2 aromatic rings. The first-order valence-electron chi connectivity index (χ1n) is 11.5. The lowest BCUT2D eigenvalue weighted by atomic mass is 10.1. The predicted octanol–water partition coefficient (Wildman–Crippen LogP) is 3.54. The van der Waals surface area contributed by atoms with Crippen molar-refractivity contribution in [3.8, 4) is 0 Å². The Hall–Kier alpha value is -2.29. The number of nitrogens with zero attached hydrogens (tertiary/aromatic N) is 3. The first-order valence-corrected chi connectivity index (χ1v) is 12.3. The predicted molar refractivity (Wildman–Crippen MR) is 128 cm³/mol. The van der Waals surface area contributed by atoms with E-state index in [4.69, 9.17) is 4.74 Å². The molecule has 0 N–H and O–H groups in total. The number of carbonyl (C=O) groups excluding carboxylic acids is 2. The molecule has 0 atom stereocenters. The first kappa shape index (κ1) is 25.3. The summed E-state index contributed by atoms with van der Waals surface area (Å²) in [6.45, 7) is 10.9. The van der Waals surface area contributed by atoms with Crippen LogP contribution in [-0.4, -0.2) is 72.5 Å². The number of amides is 2. The molecule has 0 saturated carbocycles. The van der Waals surface area contributed by atoms with E-state index >= 15 is 0 Å². The lowest BCUT2D eigenvalue weighted by Gasteiger charge is -2.32. The SMILES string of the molecule is Cc1ccc(CN(Cc2ccc(F)cc2)C(=O)CN(CCN2CCOCC2)C(=O)C(C)C)s1. The van der Waals surface area contributed by atoms with Crippen molar-refractivity contribution in [2.24, 2.45) is 5.92 Å². The number of aryl methyl sites for hydroxylation is 1. The second-order valence-corrected chi connectivity index (χ2v) is 10.1. The van der Waals surface area contributed by atoms with Gasteiger partial charge in [-0.3, -0.25) is 14.5 Å². The summed E-state index contributed by atoms with van der Waals surface area (Å²) in [6, 6.07) is 10.3. The fourth-order valence-corrected chi connectivity index (χ4v) is 4.69. The smallest absolute Gasteiger partial charge is 0.242 e. The Morgan fingerprint density at radius 1 is 1.06 bits per heavy atom. The zero-order valence-corrected chi connectivity index (χ0v) is 20.6. The number of rotatable bonds is 10. The van der Waals surface area contributed by atoms with Crippen molar-refractivity contribution in [3.63, 3.8) is 0 Å². The summed E-state index contributed by atoms with van der Waals surface area (Å²) in [5.41, 5.74) is 0.855. The molecule has 1 aromatic heterocycles. The van der Waals surface area contributed by atoms with Crippen molar-refractivity contribution < 1.29 is 18.7 Å². The van der Waals surface area contributed by atoms with Gasteiger partial charge in [-0.25, -0.2) is 4.39 Å². The third-order valence-electron chi connectivity index (χ3n) is 5.70. The van der Waals surface area contributed by atoms with Crippen molar-refractivity contribution in [2.75, 3.05) is 45.9 Å². The van der Waals surface area contributed by atoms with Crippen molar-refractivity contribution in [2.45, 2.75) is 33.9 Å². The van der Waals surface area contributed by atoms with E-state index in [1.807, 2.05) is 32.9 Å². The van der Waals surface area contributed by atoms with Crippen molar-refractivity contribution in [1.29, 1.82) is 0 Å². The van der Waals surface area contributed by atoms with Crippen molar-refractivity contribution >= 4 is 23.2 Å². The maximum absolute atomic E-state index is 13.4. The highest BCUT2D eigenvalue weighted by atomic mass is 32.1. The van der Waals surface area contributed by atoms with Gasteiger partial charge in [0.05, 0.1) is 26.3 Å². The molecule has 180 valence electrons. The van der Waals surface area contributed by atoms with Crippen LogP contribution < -0.4 is 0 Å². The number of hydrogen-bond acceptors (Lipinski definition) is 5. The molecule has 33 heavy (non-hydrogen) atoms. The molecular weight excluding hydrogens is 441 g/mol. The van der Waals surface area contributed by atoms with E-state index in [0.29, 0.717) is 32.8 Å². The van der Waals surface area contributed by atoms with Crippen LogP contribution in [0.1, 0.15) is 29.2 Å². The summed E-state index contributed by atoms with van der Waals surface area (Å²) >= 11 is 1.65. The molecule has 3 rings (SSSR count). The molecule has 0 unspecified atom stereocenters. The molecule has 0 bridgehead atoms. The van der Waals surface area contributed by atoms with E-state index in [9.17, 15) is 14.0 Å². The number of benzene rings is 1. The topological polar surface area (TPSA) is 53.1 Å². The number of halogens is 1. The Bertz CT molecular complexity index is 910. The molecular formula is C25H34FN3O3S. The maximum atomic E-state index is 13.4. The second-order valence-electron chi connectivity index (χ2n) is 8.76. The van der Waals surface area contributed by atoms with Crippen LogP contribution in [0.2, 0.25) is 0 Å². The molecule has 1 aliphatic heterocycles. The van der Waals surface area contributed by atoms with Crippen LogP contribution in [0, 0.1) is 18.7 Å². The Morgan fingerprint density at radius 3 is 2.36 bits per heavy atom. The number of carbonyl (C=O) groups is 2. The van der Waals surface area contributed by atoms with Crippen LogP contribution in [-0.2, 0) is 27.4 Å². The van der Waals surface area contributed by atoms with Crippen molar-refractivity contribution in [3.05, 3.63) is 57.5 Å². The fraction of sp³-hybridized carbons (Fsp3) is 0.520. The summed E-state index contributed by atoms with van der Waals surface area (Å²) < 4.78 is 18.8. The Morgan fingerprint density at radius 2 is 1.76 bits per heavy atom. The highest BCUT2D eigenvalue weighted by Gasteiger charge is 2.24. The Labute approximate surface area is 199 Å². The van der Waals surface area contributed by atoms with Gasteiger partial charge in [-0.05, 0) is 36.8 Å². The second kappa shape index (κ2) is 12.3. The lowest BCUT2D eigenvalue weighted by Crippen LogP contribution is -2.48. The molecule has 0 spiro atoms. The molecule has 1 aromatic carbocycles. The number of ether oxygens (including phenoxy) is 1. The number of morpholine rings is 1. The summed E-state index contributed by atoms with van der Waals surface area (Å²) in [5.74, 6) is -0.623. The first-order chi connectivity index (χ1) is 15.8. The molecule has 1 aliphatic rings. The molecule has 8 heteroatoms. The van der Waals surface area contributed by atoms with Gasteiger partial charge in [0.15, 0.2) is 0 Å². The molecule has 2 amide bonds. The quantitative estimate of drug-likeness (QED) is 0.528. The van der Waals surface area contributed by atoms with E-state index in [1.54, 1.807) is 33.3 Å². The van der Waals surface area contributed by atoms with Crippen LogP contribution in [0.3, 0.4) is 0 Å². The number of hydrogen-bond donors (Lipinski definition) is 0. The average Bonchev–Trinajstić information content (AvgIpc) is 3.22. The summed E-state index contributed by atoms with van der Waals surface area (Å²) in [5, 5.41) is 0. The largest absolute Gasteiger partial charge is 0.379 e. The summed E-state index contributed by atoms with van der Waals surface area (Å²) in [7, 11) is 0. The van der Waals surface area contributed by atoms with Crippen LogP contribution in [0.15, 0.2) is 36.4 Å². The molecule has 6 nitrogen and oxygen atoms in total. The minimum Gasteiger partial charge on any atom is -0.379 e. The minimum absolute atomic E-state index is 0.0229. The standard InChI is InChI=1S/C25H34FN3O3S/c1-19(2)25(31)28(11-10-27-12-14-32-15-13-27)18-24(30)29(17-23-9-4-20(3)33-23)16-21-5-7-22(26)8-6-21/h4-9,19H,10-18H2,1-3H3. The molecule has 1 saturated heterocycles. The molecule has 0 radical (unpaired) electrons. The third-order valence-corrected chi connectivity index (χ3v) is 6.69. The van der Waals surface area contributed by atoms with E-state index in [-0.39, 0.29) is 30.1 Å². The van der Waals surface area contributed by atoms with E-state index < -0.39 is 0 Å².